The summed E-state index contributed by atoms with van der Waals surface area (Å²) >= 11 is 0. The number of methoxy groups -OCH3 is 1. The van der Waals surface area contributed by atoms with Crippen molar-refractivity contribution in [1.82, 2.24) is 15.6 Å². The van der Waals surface area contributed by atoms with Crippen molar-refractivity contribution in [3.8, 4) is 17.1 Å². The molecule has 0 atom stereocenters. The van der Waals surface area contributed by atoms with Gasteiger partial charge in [-0.05, 0) is 30.2 Å². The molecule has 0 saturated carbocycles. The van der Waals surface area contributed by atoms with E-state index in [1.54, 1.807) is 0 Å². The zero-order valence-corrected chi connectivity index (χ0v) is 17.5. The fourth-order valence-corrected chi connectivity index (χ4v) is 2.61. The summed E-state index contributed by atoms with van der Waals surface area (Å²) in [6.07, 6.45) is 2.76. The first-order valence-electron chi connectivity index (χ1n) is 9.94. The van der Waals surface area contributed by atoms with Crippen LogP contribution in [0.25, 0.3) is 17.5 Å². The number of ether oxygens (including phenoxy) is 2. The molecule has 1 heterocycles. The number of hydrogen-bond acceptors (Lipinski definition) is 8. The molecular formula is C23H25N3O5. The minimum Gasteiger partial charge on any atom is -0.484 e. The van der Waals surface area contributed by atoms with E-state index in [1.165, 1.54) is 7.11 Å². The maximum Gasteiger partial charge on any atom is 0.311 e. The number of carbonyl (C=O) groups excluding carboxylic acids is 1. The maximum absolute atomic E-state index is 11.6. The van der Waals surface area contributed by atoms with Crippen molar-refractivity contribution in [3.05, 3.63) is 71.7 Å². The van der Waals surface area contributed by atoms with Gasteiger partial charge in [0, 0.05) is 11.3 Å². The number of nitrogens with zero attached hydrogens (tertiary/aromatic N) is 2. The predicted octanol–water partition coefficient (Wildman–Crippen LogP) is 4.15. The third-order valence-corrected chi connectivity index (χ3v) is 4.16. The molecule has 3 aromatic rings. The van der Waals surface area contributed by atoms with Crippen LogP contribution in [0.4, 0.5) is 0 Å². The fourth-order valence-electron chi connectivity index (χ4n) is 2.61. The van der Waals surface area contributed by atoms with Crippen LogP contribution in [0.5, 0.6) is 5.75 Å². The molecule has 8 heteroatoms. The van der Waals surface area contributed by atoms with Gasteiger partial charge in [0.1, 0.15) is 5.75 Å². The third kappa shape index (κ3) is 6.97. The lowest BCUT2D eigenvalue weighted by Crippen LogP contribution is -2.18. The summed E-state index contributed by atoms with van der Waals surface area (Å²) in [5, 5.41) is 3.98. The summed E-state index contributed by atoms with van der Waals surface area (Å²) in [6, 6.07) is 17.0. The number of benzene rings is 2. The molecule has 0 aliphatic carbocycles. The largest absolute Gasteiger partial charge is 0.484 e. The Balaban J connectivity index is 1.59. The first kappa shape index (κ1) is 22.0. The molecule has 31 heavy (non-hydrogen) atoms. The Labute approximate surface area is 180 Å². The van der Waals surface area contributed by atoms with Gasteiger partial charge in [-0.3, -0.25) is 15.1 Å². The molecular weight excluding hydrogens is 398 g/mol. The van der Waals surface area contributed by atoms with Gasteiger partial charge in [-0.15, -0.1) is 0 Å². The average Bonchev–Trinajstić information content (AvgIpc) is 3.28. The fraction of sp³-hybridized carbons (Fsp3) is 0.261. The van der Waals surface area contributed by atoms with E-state index in [2.05, 4.69) is 15.6 Å². The van der Waals surface area contributed by atoms with Crippen LogP contribution >= 0.6 is 0 Å². The van der Waals surface area contributed by atoms with E-state index in [-0.39, 0.29) is 19.0 Å². The van der Waals surface area contributed by atoms with Crippen LogP contribution in [0.15, 0.2) is 64.8 Å². The summed E-state index contributed by atoms with van der Waals surface area (Å²) in [4.78, 5) is 21.3. The SMILES string of the molecule is CCCONC(=Cc1ccc(OCc2nc(-c3ccccc3)no2)cc1)CC(=O)OC. The minimum absolute atomic E-state index is 0.0827. The quantitative estimate of drug-likeness (QED) is 0.279. The Morgan fingerprint density at radius 3 is 2.61 bits per heavy atom. The van der Waals surface area contributed by atoms with Crippen LogP contribution in [-0.2, 0) is 21.0 Å². The molecule has 1 aromatic heterocycles. The highest BCUT2D eigenvalue weighted by atomic mass is 16.6. The van der Waals surface area contributed by atoms with Gasteiger partial charge in [-0.1, -0.05) is 54.5 Å². The minimum atomic E-state index is -0.353. The summed E-state index contributed by atoms with van der Waals surface area (Å²) < 4.78 is 15.7. The topological polar surface area (TPSA) is 95.7 Å². The van der Waals surface area contributed by atoms with Crippen molar-refractivity contribution in [3.63, 3.8) is 0 Å². The highest BCUT2D eigenvalue weighted by Gasteiger charge is 2.09. The van der Waals surface area contributed by atoms with Gasteiger partial charge in [-0.25, -0.2) is 0 Å². The molecule has 1 N–H and O–H groups in total. The van der Waals surface area contributed by atoms with Crippen LogP contribution in [0.2, 0.25) is 0 Å². The van der Waals surface area contributed by atoms with Crippen molar-refractivity contribution in [2.75, 3.05) is 13.7 Å². The summed E-state index contributed by atoms with van der Waals surface area (Å²) in [7, 11) is 1.35. The standard InChI is InChI=1S/C23H25N3O5/c1-3-13-30-25-19(15-22(27)28-2)14-17-9-11-20(12-10-17)29-16-21-24-23(26-31-21)18-7-5-4-6-8-18/h4-12,14,25H,3,13,15-16H2,1-2H3. The van der Waals surface area contributed by atoms with Crippen LogP contribution in [0.1, 0.15) is 31.2 Å². The molecule has 3 rings (SSSR count). The third-order valence-electron chi connectivity index (χ3n) is 4.16. The van der Waals surface area contributed by atoms with E-state index in [9.17, 15) is 4.79 Å². The van der Waals surface area contributed by atoms with Gasteiger partial charge in [0.05, 0.1) is 20.1 Å². The second-order valence-electron chi connectivity index (χ2n) is 6.61. The first-order valence-corrected chi connectivity index (χ1v) is 9.94. The van der Waals surface area contributed by atoms with Gasteiger partial charge in [0.25, 0.3) is 5.89 Å². The number of aromatic nitrogens is 2. The maximum atomic E-state index is 11.6. The molecule has 0 amide bonds. The van der Waals surface area contributed by atoms with Gasteiger partial charge in [0.15, 0.2) is 6.61 Å². The molecule has 8 nitrogen and oxygen atoms in total. The van der Waals surface area contributed by atoms with Gasteiger partial charge >= 0.3 is 5.97 Å². The van der Waals surface area contributed by atoms with Crippen molar-refractivity contribution in [2.45, 2.75) is 26.4 Å². The second-order valence-corrected chi connectivity index (χ2v) is 6.61. The number of hydroxylamine groups is 1. The Bertz CT molecular complexity index is 984. The van der Waals surface area contributed by atoms with Crippen LogP contribution < -0.4 is 10.2 Å². The van der Waals surface area contributed by atoms with Crippen molar-refractivity contribution in [1.29, 1.82) is 0 Å². The Hall–Kier alpha value is -3.65. The Morgan fingerprint density at radius 1 is 1.13 bits per heavy atom. The zero-order chi connectivity index (χ0) is 21.9. The summed E-state index contributed by atoms with van der Waals surface area (Å²) in [5.41, 5.74) is 5.18. The summed E-state index contributed by atoms with van der Waals surface area (Å²) in [6.45, 7) is 2.70. The Kier molecular flexibility index (Phi) is 8.19. The second kappa shape index (κ2) is 11.5. The number of rotatable bonds is 11. The van der Waals surface area contributed by atoms with E-state index in [4.69, 9.17) is 18.8 Å². The van der Waals surface area contributed by atoms with E-state index < -0.39 is 0 Å². The molecule has 0 fully saturated rings. The smallest absolute Gasteiger partial charge is 0.311 e. The molecule has 0 aliphatic rings. The number of esters is 1. The van der Waals surface area contributed by atoms with Gasteiger partial charge < -0.3 is 14.0 Å². The van der Waals surface area contributed by atoms with E-state index in [0.717, 1.165) is 17.5 Å². The van der Waals surface area contributed by atoms with E-state index in [1.807, 2.05) is 67.6 Å². The van der Waals surface area contributed by atoms with Crippen LogP contribution in [0.3, 0.4) is 0 Å². The lowest BCUT2D eigenvalue weighted by Gasteiger charge is -2.10. The molecule has 0 bridgehead atoms. The molecule has 0 radical (unpaired) electrons. The molecule has 0 aliphatic heterocycles. The van der Waals surface area contributed by atoms with Crippen LogP contribution in [0, 0.1) is 0 Å². The van der Waals surface area contributed by atoms with E-state index in [0.29, 0.717) is 29.8 Å². The summed E-state index contributed by atoms with van der Waals surface area (Å²) in [5.74, 6) is 1.21. The number of carbonyl (C=O) groups is 1. The highest BCUT2D eigenvalue weighted by molar-refractivity contribution is 5.74. The number of nitrogens with one attached hydrogen (secondary N) is 1. The molecule has 162 valence electrons. The monoisotopic (exact) mass is 423 g/mol. The molecule has 0 spiro atoms. The van der Waals surface area contributed by atoms with Gasteiger partial charge in [-0.2, -0.15) is 4.98 Å². The zero-order valence-electron chi connectivity index (χ0n) is 17.5. The lowest BCUT2D eigenvalue weighted by atomic mass is 10.1. The lowest BCUT2D eigenvalue weighted by molar-refractivity contribution is -0.140. The highest BCUT2D eigenvalue weighted by Crippen LogP contribution is 2.18. The number of hydrogen-bond donors (Lipinski definition) is 1. The molecule has 2 aromatic carbocycles. The average molecular weight is 423 g/mol. The van der Waals surface area contributed by atoms with Crippen molar-refractivity contribution < 1.29 is 23.6 Å². The predicted molar refractivity (Wildman–Crippen MR) is 114 cm³/mol. The Morgan fingerprint density at radius 2 is 1.90 bits per heavy atom. The molecule has 0 unspecified atom stereocenters. The molecule has 0 saturated heterocycles. The van der Waals surface area contributed by atoms with Gasteiger partial charge in [0.2, 0.25) is 5.82 Å². The van der Waals surface area contributed by atoms with Crippen LogP contribution in [-0.4, -0.2) is 29.8 Å². The first-order chi connectivity index (χ1) is 15.2. The normalized spacial score (nSPS) is 11.2. The van der Waals surface area contributed by atoms with E-state index >= 15 is 0 Å². The van der Waals surface area contributed by atoms with Crippen molar-refractivity contribution >= 4 is 12.0 Å². The van der Waals surface area contributed by atoms with Crippen molar-refractivity contribution in [2.24, 2.45) is 0 Å².